The highest BCUT2D eigenvalue weighted by molar-refractivity contribution is 5.80. The molecule has 1 heterocycles. The largest absolute Gasteiger partial charge is 0.399 e. The van der Waals surface area contributed by atoms with Gasteiger partial charge in [-0.05, 0) is 43.9 Å². The molecule has 0 amide bonds. The fraction of sp³-hybridized carbons (Fsp3) is 0.533. The molecule has 1 saturated carbocycles. The second-order valence-electron chi connectivity index (χ2n) is 5.74. The Balaban J connectivity index is 2.22. The molecule has 1 aromatic carbocycles. The van der Waals surface area contributed by atoms with E-state index in [4.69, 9.17) is 5.73 Å². The van der Waals surface area contributed by atoms with Gasteiger partial charge in [0, 0.05) is 11.7 Å². The number of nitrogen functional groups attached to an aromatic ring is 1. The number of nitrogens with two attached hydrogens (primary N) is 1. The van der Waals surface area contributed by atoms with E-state index in [1.54, 1.807) is 6.92 Å². The lowest BCUT2D eigenvalue weighted by atomic mass is 10.1. The summed E-state index contributed by atoms with van der Waals surface area (Å²) in [5.74, 6) is 1.40. The van der Waals surface area contributed by atoms with E-state index in [0.29, 0.717) is 17.6 Å². The monoisotopic (exact) mass is 259 g/mol. The Kier molecular flexibility index (Phi) is 2.97. The average Bonchev–Trinajstić information content (AvgIpc) is 2.91. The van der Waals surface area contributed by atoms with Crippen LogP contribution in [0.2, 0.25) is 0 Å². The van der Waals surface area contributed by atoms with Crippen molar-refractivity contribution in [3.63, 3.8) is 0 Å². The highest BCUT2D eigenvalue weighted by Gasteiger charge is 2.29. The smallest absolute Gasteiger partial charge is 0.138 e. The number of nitrogens with zero attached hydrogens (tertiary/aromatic N) is 2. The molecule has 4 heteroatoms. The van der Waals surface area contributed by atoms with Crippen LogP contribution in [0.25, 0.3) is 11.0 Å². The van der Waals surface area contributed by atoms with Gasteiger partial charge in [-0.15, -0.1) is 0 Å². The van der Waals surface area contributed by atoms with Crippen LogP contribution in [-0.2, 0) is 0 Å². The van der Waals surface area contributed by atoms with Gasteiger partial charge in [0.15, 0.2) is 0 Å². The first-order chi connectivity index (χ1) is 9.08. The topological polar surface area (TPSA) is 64.1 Å². The van der Waals surface area contributed by atoms with Crippen molar-refractivity contribution in [3.05, 3.63) is 24.0 Å². The maximum Gasteiger partial charge on any atom is 0.138 e. The fourth-order valence-electron chi connectivity index (χ4n) is 3.29. The van der Waals surface area contributed by atoms with Crippen molar-refractivity contribution in [2.75, 3.05) is 5.73 Å². The normalized spacial score (nSPS) is 25.0. The number of anilines is 1. The van der Waals surface area contributed by atoms with Crippen molar-refractivity contribution < 1.29 is 5.11 Å². The van der Waals surface area contributed by atoms with E-state index in [1.807, 2.05) is 18.2 Å². The molecule has 1 aromatic heterocycles. The zero-order valence-corrected chi connectivity index (χ0v) is 11.5. The van der Waals surface area contributed by atoms with Gasteiger partial charge in [-0.25, -0.2) is 4.98 Å². The number of aliphatic hydroxyl groups excluding tert-OH is 1. The quantitative estimate of drug-likeness (QED) is 0.815. The van der Waals surface area contributed by atoms with Gasteiger partial charge in [-0.1, -0.05) is 13.3 Å². The number of benzene rings is 1. The minimum atomic E-state index is -0.554. The lowest BCUT2D eigenvalue weighted by Gasteiger charge is -2.22. The average molecular weight is 259 g/mol. The van der Waals surface area contributed by atoms with Gasteiger partial charge < -0.3 is 15.4 Å². The molecule has 0 saturated heterocycles. The van der Waals surface area contributed by atoms with E-state index >= 15 is 0 Å². The molecule has 0 bridgehead atoms. The molecule has 3 rings (SSSR count). The minimum Gasteiger partial charge on any atom is -0.399 e. The van der Waals surface area contributed by atoms with Crippen molar-refractivity contribution in [1.29, 1.82) is 0 Å². The van der Waals surface area contributed by atoms with E-state index in [-0.39, 0.29) is 0 Å². The van der Waals surface area contributed by atoms with Crippen LogP contribution in [0.15, 0.2) is 18.2 Å². The third kappa shape index (κ3) is 2.00. The van der Waals surface area contributed by atoms with Gasteiger partial charge in [0.2, 0.25) is 0 Å². The first-order valence-electron chi connectivity index (χ1n) is 7.03. The maximum absolute atomic E-state index is 10.0. The molecular formula is C15H21N3O. The Morgan fingerprint density at radius 1 is 1.42 bits per heavy atom. The van der Waals surface area contributed by atoms with E-state index in [1.165, 1.54) is 12.8 Å². The van der Waals surface area contributed by atoms with Gasteiger partial charge in [0.1, 0.15) is 11.9 Å². The van der Waals surface area contributed by atoms with Crippen LogP contribution in [0.5, 0.6) is 0 Å². The summed E-state index contributed by atoms with van der Waals surface area (Å²) >= 11 is 0. The van der Waals surface area contributed by atoms with Crippen molar-refractivity contribution in [2.45, 2.75) is 45.3 Å². The molecule has 2 aromatic rings. The molecule has 1 fully saturated rings. The number of rotatable bonds is 2. The van der Waals surface area contributed by atoms with Gasteiger partial charge in [0.05, 0.1) is 11.0 Å². The Bertz CT molecular complexity index is 603. The highest BCUT2D eigenvalue weighted by Crippen LogP contribution is 2.39. The number of hydrogen-bond donors (Lipinski definition) is 2. The van der Waals surface area contributed by atoms with Crippen LogP contribution < -0.4 is 5.73 Å². The third-order valence-electron chi connectivity index (χ3n) is 4.26. The summed E-state index contributed by atoms with van der Waals surface area (Å²) in [5.41, 5.74) is 8.52. The van der Waals surface area contributed by atoms with Crippen molar-refractivity contribution in [3.8, 4) is 0 Å². The predicted molar refractivity (Wildman–Crippen MR) is 76.8 cm³/mol. The van der Waals surface area contributed by atoms with E-state index in [0.717, 1.165) is 23.3 Å². The number of hydrogen-bond acceptors (Lipinski definition) is 3. The van der Waals surface area contributed by atoms with Gasteiger partial charge >= 0.3 is 0 Å². The lowest BCUT2D eigenvalue weighted by Crippen LogP contribution is -2.16. The van der Waals surface area contributed by atoms with Crippen LogP contribution >= 0.6 is 0 Å². The van der Waals surface area contributed by atoms with Crippen LogP contribution in [0.1, 0.15) is 51.1 Å². The number of aromatic nitrogens is 2. The molecule has 3 atom stereocenters. The molecule has 0 aliphatic heterocycles. The molecule has 1 aliphatic rings. The molecule has 3 N–H and O–H groups in total. The summed E-state index contributed by atoms with van der Waals surface area (Å²) in [4.78, 5) is 4.59. The number of imidazole rings is 1. The Morgan fingerprint density at radius 2 is 2.21 bits per heavy atom. The SMILES string of the molecule is CC(O)c1nc2cc(N)ccc2n1C1CCCC1C. The fourth-order valence-corrected chi connectivity index (χ4v) is 3.29. The standard InChI is InChI=1S/C15H21N3O/c1-9-4-3-5-13(9)18-14-7-6-11(16)8-12(14)17-15(18)10(2)19/h6-10,13,19H,3-5,16H2,1-2H3. The van der Waals surface area contributed by atoms with E-state index < -0.39 is 6.10 Å². The molecular weight excluding hydrogens is 238 g/mol. The first-order valence-corrected chi connectivity index (χ1v) is 7.03. The third-order valence-corrected chi connectivity index (χ3v) is 4.26. The summed E-state index contributed by atoms with van der Waals surface area (Å²) in [7, 11) is 0. The second-order valence-corrected chi connectivity index (χ2v) is 5.74. The molecule has 1 aliphatic carbocycles. The zero-order chi connectivity index (χ0) is 13.6. The molecule has 102 valence electrons. The summed E-state index contributed by atoms with van der Waals surface area (Å²) in [5, 5.41) is 10.0. The van der Waals surface area contributed by atoms with Crippen LogP contribution in [0.4, 0.5) is 5.69 Å². The maximum atomic E-state index is 10.0. The molecule has 0 spiro atoms. The molecule has 0 radical (unpaired) electrons. The van der Waals surface area contributed by atoms with Crippen molar-refractivity contribution in [1.82, 2.24) is 9.55 Å². The van der Waals surface area contributed by atoms with E-state index in [2.05, 4.69) is 16.5 Å². The van der Waals surface area contributed by atoms with Crippen LogP contribution in [0.3, 0.4) is 0 Å². The Labute approximate surface area is 113 Å². The van der Waals surface area contributed by atoms with Gasteiger partial charge in [0.25, 0.3) is 0 Å². The van der Waals surface area contributed by atoms with Crippen molar-refractivity contribution >= 4 is 16.7 Å². The Morgan fingerprint density at radius 3 is 2.84 bits per heavy atom. The molecule has 3 unspecified atom stereocenters. The van der Waals surface area contributed by atoms with Crippen LogP contribution in [-0.4, -0.2) is 14.7 Å². The molecule has 19 heavy (non-hydrogen) atoms. The van der Waals surface area contributed by atoms with Crippen LogP contribution in [0, 0.1) is 5.92 Å². The summed E-state index contributed by atoms with van der Waals surface area (Å²) in [6.45, 7) is 4.06. The first kappa shape index (κ1) is 12.5. The molecule has 4 nitrogen and oxygen atoms in total. The summed E-state index contributed by atoms with van der Waals surface area (Å²) in [6.07, 6.45) is 3.11. The number of fused-ring (bicyclic) bond motifs is 1. The highest BCUT2D eigenvalue weighted by atomic mass is 16.3. The predicted octanol–water partition coefficient (Wildman–Crippen LogP) is 3.03. The van der Waals surface area contributed by atoms with Gasteiger partial charge in [-0.3, -0.25) is 0 Å². The van der Waals surface area contributed by atoms with Crippen molar-refractivity contribution in [2.24, 2.45) is 5.92 Å². The summed E-state index contributed by atoms with van der Waals surface area (Å²) < 4.78 is 2.23. The lowest BCUT2D eigenvalue weighted by molar-refractivity contribution is 0.179. The Hall–Kier alpha value is -1.55. The second kappa shape index (κ2) is 4.53. The zero-order valence-electron chi connectivity index (χ0n) is 11.5. The van der Waals surface area contributed by atoms with E-state index in [9.17, 15) is 5.11 Å². The minimum absolute atomic E-state index is 0.443. The summed E-state index contributed by atoms with van der Waals surface area (Å²) in [6, 6.07) is 6.26. The number of aliphatic hydroxyl groups is 1. The van der Waals surface area contributed by atoms with Gasteiger partial charge in [-0.2, -0.15) is 0 Å².